The number of hydrogen-bond donors (Lipinski definition) is 4. The van der Waals surface area contributed by atoms with Crippen LogP contribution in [0.25, 0.3) is 21.9 Å². The average molecular weight is 404 g/mol. The SMILES string of the molecule is Nc1ccc2cc(CC[C@H]3C[C@@H](n4ccc5c(N)ncnc54)[C@H](O)[C@@H]3O)ccc2n1. The summed E-state index contributed by atoms with van der Waals surface area (Å²) in [7, 11) is 0. The molecule has 8 nitrogen and oxygen atoms in total. The summed E-state index contributed by atoms with van der Waals surface area (Å²) in [5, 5.41) is 23.2. The van der Waals surface area contributed by atoms with Crippen molar-refractivity contribution >= 4 is 33.6 Å². The van der Waals surface area contributed by atoms with Crippen LogP contribution in [0.15, 0.2) is 48.9 Å². The molecule has 1 fully saturated rings. The summed E-state index contributed by atoms with van der Waals surface area (Å²) in [5.41, 5.74) is 14.4. The number of aliphatic hydroxyl groups excluding tert-OH is 2. The van der Waals surface area contributed by atoms with Crippen molar-refractivity contribution in [3.05, 3.63) is 54.5 Å². The van der Waals surface area contributed by atoms with Crippen LogP contribution in [0.3, 0.4) is 0 Å². The Labute approximate surface area is 173 Å². The van der Waals surface area contributed by atoms with Crippen LogP contribution in [-0.2, 0) is 6.42 Å². The third-order valence-corrected chi connectivity index (χ3v) is 6.25. The van der Waals surface area contributed by atoms with Crippen molar-refractivity contribution in [2.75, 3.05) is 11.5 Å². The Morgan fingerprint density at radius 1 is 1.03 bits per heavy atom. The minimum Gasteiger partial charge on any atom is -0.390 e. The highest BCUT2D eigenvalue weighted by atomic mass is 16.3. The minimum absolute atomic E-state index is 0.0122. The number of anilines is 2. The number of nitrogen functional groups attached to an aromatic ring is 2. The first-order chi connectivity index (χ1) is 14.5. The van der Waals surface area contributed by atoms with Crippen molar-refractivity contribution in [1.29, 1.82) is 0 Å². The van der Waals surface area contributed by atoms with E-state index in [2.05, 4.69) is 21.0 Å². The molecule has 3 heterocycles. The molecule has 0 saturated heterocycles. The number of rotatable bonds is 4. The number of aliphatic hydroxyl groups is 2. The standard InChI is InChI=1S/C22H24N6O2/c23-18-6-4-13-9-12(2-5-16(13)27-18)1-3-14-10-17(20(30)19(14)29)28-8-7-15-21(24)25-11-26-22(15)28/h2,4-9,11,14,17,19-20,29-30H,1,3,10H2,(H2,23,27)(H2,24,25,26)/t14-,17+,19+,20-/m0/s1. The zero-order valence-corrected chi connectivity index (χ0v) is 16.4. The van der Waals surface area contributed by atoms with Gasteiger partial charge in [-0.05, 0) is 61.1 Å². The molecule has 0 radical (unpaired) electrons. The van der Waals surface area contributed by atoms with E-state index in [9.17, 15) is 10.2 Å². The van der Waals surface area contributed by atoms with Crippen molar-refractivity contribution in [2.45, 2.75) is 37.5 Å². The summed E-state index contributed by atoms with van der Waals surface area (Å²) in [4.78, 5) is 12.7. The first kappa shape index (κ1) is 18.8. The fourth-order valence-corrected chi connectivity index (χ4v) is 4.62. The van der Waals surface area contributed by atoms with Gasteiger partial charge in [0.15, 0.2) is 0 Å². The van der Waals surface area contributed by atoms with E-state index in [1.165, 1.54) is 11.9 Å². The molecule has 0 amide bonds. The topological polar surface area (TPSA) is 136 Å². The first-order valence-corrected chi connectivity index (χ1v) is 10.1. The van der Waals surface area contributed by atoms with Gasteiger partial charge in [-0.15, -0.1) is 0 Å². The summed E-state index contributed by atoms with van der Waals surface area (Å²) >= 11 is 0. The molecule has 5 rings (SSSR count). The van der Waals surface area contributed by atoms with E-state index in [-0.39, 0.29) is 12.0 Å². The van der Waals surface area contributed by atoms with Crippen molar-refractivity contribution in [3.63, 3.8) is 0 Å². The normalized spacial score (nSPS) is 24.1. The lowest BCUT2D eigenvalue weighted by molar-refractivity contribution is 0.00545. The largest absolute Gasteiger partial charge is 0.390 e. The maximum atomic E-state index is 10.7. The lowest BCUT2D eigenvalue weighted by Gasteiger charge is -2.19. The van der Waals surface area contributed by atoms with Gasteiger partial charge in [-0.25, -0.2) is 15.0 Å². The zero-order valence-electron chi connectivity index (χ0n) is 16.4. The molecule has 3 aromatic heterocycles. The van der Waals surface area contributed by atoms with E-state index in [0.717, 1.165) is 29.1 Å². The van der Waals surface area contributed by atoms with E-state index in [4.69, 9.17) is 11.5 Å². The van der Waals surface area contributed by atoms with Crippen LogP contribution in [0.5, 0.6) is 0 Å². The minimum atomic E-state index is -0.856. The smallest absolute Gasteiger partial charge is 0.145 e. The molecule has 0 unspecified atom stereocenters. The third-order valence-electron chi connectivity index (χ3n) is 6.25. The Kier molecular flexibility index (Phi) is 4.52. The Morgan fingerprint density at radius 2 is 1.90 bits per heavy atom. The summed E-state index contributed by atoms with van der Waals surface area (Å²) in [6.45, 7) is 0. The number of hydrogen-bond acceptors (Lipinski definition) is 7. The van der Waals surface area contributed by atoms with Crippen LogP contribution in [0.1, 0.15) is 24.4 Å². The van der Waals surface area contributed by atoms with E-state index in [1.807, 2.05) is 35.0 Å². The molecular formula is C22H24N6O2. The molecular weight excluding hydrogens is 380 g/mol. The van der Waals surface area contributed by atoms with Crippen molar-refractivity contribution in [1.82, 2.24) is 19.5 Å². The van der Waals surface area contributed by atoms with Crippen molar-refractivity contribution in [3.8, 4) is 0 Å². The molecule has 6 N–H and O–H groups in total. The number of pyridine rings is 1. The number of fused-ring (bicyclic) bond motifs is 2. The second-order valence-electron chi connectivity index (χ2n) is 8.07. The molecule has 1 aliphatic carbocycles. The molecule has 8 heteroatoms. The molecule has 0 aliphatic heterocycles. The number of aromatic nitrogens is 4. The summed E-state index contributed by atoms with van der Waals surface area (Å²) in [5.74, 6) is 0.909. The van der Waals surface area contributed by atoms with Gasteiger partial charge in [0.1, 0.15) is 29.7 Å². The van der Waals surface area contributed by atoms with Crippen molar-refractivity contribution < 1.29 is 10.2 Å². The lowest BCUT2D eigenvalue weighted by atomic mass is 9.95. The Morgan fingerprint density at radius 3 is 2.77 bits per heavy atom. The third kappa shape index (κ3) is 3.14. The molecule has 154 valence electrons. The van der Waals surface area contributed by atoms with Crippen LogP contribution in [0, 0.1) is 5.92 Å². The van der Waals surface area contributed by atoms with Gasteiger partial charge in [0.05, 0.1) is 23.0 Å². The van der Waals surface area contributed by atoms with E-state index in [1.54, 1.807) is 6.07 Å². The first-order valence-electron chi connectivity index (χ1n) is 10.1. The van der Waals surface area contributed by atoms with E-state index < -0.39 is 12.2 Å². The van der Waals surface area contributed by atoms with Gasteiger partial charge in [0.25, 0.3) is 0 Å². The second kappa shape index (κ2) is 7.23. The Balaban J connectivity index is 1.33. The van der Waals surface area contributed by atoms with Gasteiger partial charge in [-0.1, -0.05) is 6.07 Å². The van der Waals surface area contributed by atoms with Crippen LogP contribution in [0.2, 0.25) is 0 Å². The van der Waals surface area contributed by atoms with Gasteiger partial charge in [-0.2, -0.15) is 0 Å². The quantitative estimate of drug-likeness (QED) is 0.409. The highest BCUT2D eigenvalue weighted by molar-refractivity contribution is 5.86. The summed E-state index contributed by atoms with van der Waals surface area (Å²) < 4.78 is 1.91. The van der Waals surface area contributed by atoms with Crippen LogP contribution in [0.4, 0.5) is 11.6 Å². The molecule has 0 bridgehead atoms. The second-order valence-corrected chi connectivity index (χ2v) is 8.07. The van der Waals surface area contributed by atoms with Gasteiger partial charge < -0.3 is 26.2 Å². The lowest BCUT2D eigenvalue weighted by Crippen LogP contribution is -2.29. The number of benzene rings is 1. The predicted molar refractivity (Wildman–Crippen MR) is 116 cm³/mol. The molecule has 4 atom stereocenters. The van der Waals surface area contributed by atoms with Gasteiger partial charge in [0.2, 0.25) is 0 Å². The summed E-state index contributed by atoms with van der Waals surface area (Å²) in [6, 6.07) is 11.5. The van der Waals surface area contributed by atoms with Gasteiger partial charge >= 0.3 is 0 Å². The summed E-state index contributed by atoms with van der Waals surface area (Å²) in [6.07, 6.45) is 3.90. The molecule has 0 spiro atoms. The van der Waals surface area contributed by atoms with Gasteiger partial charge in [0, 0.05) is 11.6 Å². The maximum Gasteiger partial charge on any atom is 0.145 e. The molecule has 4 aromatic rings. The average Bonchev–Trinajstić information content (AvgIpc) is 3.29. The number of nitrogens with two attached hydrogens (primary N) is 2. The number of nitrogens with zero attached hydrogens (tertiary/aromatic N) is 4. The fraction of sp³-hybridized carbons (Fsp3) is 0.318. The maximum absolute atomic E-state index is 10.7. The van der Waals surface area contributed by atoms with E-state index in [0.29, 0.717) is 23.7 Å². The number of aryl methyl sites for hydroxylation is 1. The van der Waals surface area contributed by atoms with Crippen molar-refractivity contribution in [2.24, 2.45) is 5.92 Å². The molecule has 30 heavy (non-hydrogen) atoms. The Bertz CT molecular complexity index is 1220. The zero-order chi connectivity index (χ0) is 20.8. The Hall–Kier alpha value is -3.23. The highest BCUT2D eigenvalue weighted by Crippen LogP contribution is 2.39. The van der Waals surface area contributed by atoms with Crippen LogP contribution >= 0.6 is 0 Å². The fourth-order valence-electron chi connectivity index (χ4n) is 4.62. The molecule has 1 aromatic carbocycles. The van der Waals surface area contributed by atoms with Crippen LogP contribution in [-0.4, -0.2) is 41.9 Å². The molecule has 1 saturated carbocycles. The molecule has 1 aliphatic rings. The van der Waals surface area contributed by atoms with E-state index >= 15 is 0 Å². The monoisotopic (exact) mass is 404 g/mol. The van der Waals surface area contributed by atoms with Crippen LogP contribution < -0.4 is 11.5 Å². The van der Waals surface area contributed by atoms with Gasteiger partial charge in [-0.3, -0.25) is 0 Å². The highest BCUT2D eigenvalue weighted by Gasteiger charge is 2.42. The predicted octanol–water partition coefficient (Wildman–Crippen LogP) is 2.06.